The number of nitrogens with zero attached hydrogens (tertiary/aromatic N) is 2. The largest absolute Gasteiger partial charge is 0.497 e. The van der Waals surface area contributed by atoms with Crippen LogP contribution in [0.2, 0.25) is 5.02 Å². The van der Waals surface area contributed by atoms with Gasteiger partial charge in [-0.05, 0) is 74.2 Å². The highest BCUT2D eigenvalue weighted by Crippen LogP contribution is 2.35. The van der Waals surface area contributed by atoms with Crippen LogP contribution in [0.15, 0.2) is 71.6 Å². The standard InChI is InChI=1S/C34H42ClN3O6S/c1-5-30(34(40)36-27-9-7-6-8-10-27)37(22-25-13-16-28(43-3)17-14-25)33(39)23-38(31-21-26(35)15-20-32(31)44-4)45(41,42)29-18-11-24(2)12-19-29/h11-21,27,30H,5-10,22-23H2,1-4H3,(H,36,40)/t30-/m1/s1. The van der Waals surface area contributed by atoms with Crippen LogP contribution in [0.25, 0.3) is 0 Å². The van der Waals surface area contributed by atoms with Crippen LogP contribution in [0, 0.1) is 6.92 Å². The molecule has 1 fully saturated rings. The van der Waals surface area contributed by atoms with Crippen LogP contribution >= 0.6 is 11.6 Å². The summed E-state index contributed by atoms with van der Waals surface area (Å²) in [6.07, 6.45) is 5.36. The van der Waals surface area contributed by atoms with Crippen molar-refractivity contribution in [2.24, 2.45) is 0 Å². The van der Waals surface area contributed by atoms with Crippen molar-refractivity contribution in [3.8, 4) is 11.5 Å². The Labute approximate surface area is 271 Å². The number of hydrogen-bond donors (Lipinski definition) is 1. The topological polar surface area (TPSA) is 105 Å². The molecule has 0 spiro atoms. The van der Waals surface area contributed by atoms with Gasteiger partial charge in [0.25, 0.3) is 10.0 Å². The maximum absolute atomic E-state index is 14.4. The number of nitrogens with one attached hydrogen (secondary N) is 1. The highest BCUT2D eigenvalue weighted by Gasteiger charge is 2.35. The molecule has 3 aromatic rings. The third-order valence-corrected chi connectivity index (χ3v) is 10.2. The van der Waals surface area contributed by atoms with Gasteiger partial charge in [0.05, 0.1) is 24.8 Å². The van der Waals surface area contributed by atoms with Crippen molar-refractivity contribution in [1.82, 2.24) is 10.2 Å². The second-order valence-electron chi connectivity index (χ2n) is 11.3. The average molecular weight is 656 g/mol. The molecule has 1 aliphatic carbocycles. The summed E-state index contributed by atoms with van der Waals surface area (Å²) in [4.78, 5) is 29.6. The fraction of sp³-hybridized carbons (Fsp3) is 0.412. The maximum Gasteiger partial charge on any atom is 0.264 e. The second kappa shape index (κ2) is 15.5. The third kappa shape index (κ3) is 8.49. The van der Waals surface area contributed by atoms with Gasteiger partial charge in [0.15, 0.2) is 0 Å². The lowest BCUT2D eigenvalue weighted by molar-refractivity contribution is -0.140. The molecule has 4 rings (SSSR count). The number of carbonyl (C=O) groups is 2. The molecule has 3 aromatic carbocycles. The Bertz CT molecular complexity index is 1560. The van der Waals surface area contributed by atoms with Crippen molar-refractivity contribution < 1.29 is 27.5 Å². The monoisotopic (exact) mass is 655 g/mol. The van der Waals surface area contributed by atoms with E-state index in [1.165, 1.54) is 30.2 Å². The number of sulfonamides is 1. The van der Waals surface area contributed by atoms with Gasteiger partial charge >= 0.3 is 0 Å². The van der Waals surface area contributed by atoms with Crippen LogP contribution in [-0.2, 0) is 26.2 Å². The molecule has 0 heterocycles. The zero-order valence-corrected chi connectivity index (χ0v) is 27.9. The molecule has 45 heavy (non-hydrogen) atoms. The number of hydrogen-bond acceptors (Lipinski definition) is 6. The predicted octanol–water partition coefficient (Wildman–Crippen LogP) is 6.12. The van der Waals surface area contributed by atoms with Gasteiger partial charge in [0, 0.05) is 17.6 Å². The van der Waals surface area contributed by atoms with Crippen molar-refractivity contribution in [1.29, 1.82) is 0 Å². The van der Waals surface area contributed by atoms with Crippen molar-refractivity contribution >= 4 is 39.1 Å². The van der Waals surface area contributed by atoms with Crippen molar-refractivity contribution in [2.45, 2.75) is 75.9 Å². The Morgan fingerprint density at radius 2 is 1.62 bits per heavy atom. The molecule has 0 radical (unpaired) electrons. The Morgan fingerprint density at radius 3 is 2.22 bits per heavy atom. The summed E-state index contributed by atoms with van der Waals surface area (Å²) in [5.41, 5.74) is 1.77. The minimum absolute atomic E-state index is 0.00622. The van der Waals surface area contributed by atoms with Crippen LogP contribution in [-0.4, -0.2) is 58.0 Å². The number of anilines is 1. The number of carbonyl (C=O) groups excluding carboxylic acids is 2. The Kier molecular flexibility index (Phi) is 11.7. The van der Waals surface area contributed by atoms with Gasteiger partial charge in [0.1, 0.15) is 24.1 Å². The van der Waals surface area contributed by atoms with Crippen molar-refractivity contribution in [3.05, 3.63) is 82.9 Å². The number of methoxy groups -OCH3 is 2. The number of amides is 2. The highest BCUT2D eigenvalue weighted by molar-refractivity contribution is 7.92. The van der Waals surface area contributed by atoms with Gasteiger partial charge in [-0.25, -0.2) is 8.42 Å². The molecule has 0 saturated heterocycles. The highest BCUT2D eigenvalue weighted by atomic mass is 35.5. The van der Waals surface area contributed by atoms with Gasteiger partial charge in [-0.2, -0.15) is 0 Å². The van der Waals surface area contributed by atoms with Crippen LogP contribution < -0.4 is 19.1 Å². The van der Waals surface area contributed by atoms with Gasteiger partial charge in [0.2, 0.25) is 11.8 Å². The lowest BCUT2D eigenvalue weighted by Crippen LogP contribution is -2.54. The molecule has 0 aromatic heterocycles. The van der Waals surface area contributed by atoms with E-state index in [2.05, 4.69) is 5.32 Å². The van der Waals surface area contributed by atoms with Crippen LogP contribution in [0.5, 0.6) is 11.5 Å². The zero-order valence-electron chi connectivity index (χ0n) is 26.3. The number of benzene rings is 3. The van der Waals surface area contributed by atoms with Gasteiger partial charge < -0.3 is 19.7 Å². The van der Waals surface area contributed by atoms with E-state index in [-0.39, 0.29) is 39.8 Å². The summed E-state index contributed by atoms with van der Waals surface area (Å²) in [5, 5.41) is 3.43. The lowest BCUT2D eigenvalue weighted by atomic mass is 9.95. The minimum atomic E-state index is -4.28. The van der Waals surface area contributed by atoms with E-state index in [4.69, 9.17) is 21.1 Å². The summed E-state index contributed by atoms with van der Waals surface area (Å²) in [6, 6.07) is 17.4. The van der Waals surface area contributed by atoms with E-state index >= 15 is 0 Å². The summed E-state index contributed by atoms with van der Waals surface area (Å²) in [6.45, 7) is 3.21. The number of aryl methyl sites for hydroxylation is 1. The first-order valence-electron chi connectivity index (χ1n) is 15.2. The maximum atomic E-state index is 14.4. The first kappa shape index (κ1) is 34.1. The van der Waals surface area contributed by atoms with Gasteiger partial charge in [-0.15, -0.1) is 0 Å². The molecule has 0 aliphatic heterocycles. The molecular formula is C34H42ClN3O6S. The molecule has 2 amide bonds. The molecule has 1 atom stereocenters. The summed E-state index contributed by atoms with van der Waals surface area (Å²) >= 11 is 6.34. The summed E-state index contributed by atoms with van der Waals surface area (Å²) in [5.74, 6) is 0.0857. The van der Waals surface area contributed by atoms with Crippen LogP contribution in [0.1, 0.15) is 56.6 Å². The molecular weight excluding hydrogens is 614 g/mol. The van der Waals surface area contributed by atoms with Crippen LogP contribution in [0.4, 0.5) is 5.69 Å². The smallest absolute Gasteiger partial charge is 0.264 e. The van der Waals surface area contributed by atoms with Crippen LogP contribution in [0.3, 0.4) is 0 Å². The molecule has 242 valence electrons. The van der Waals surface area contributed by atoms with Gasteiger partial charge in [-0.1, -0.05) is 67.6 Å². The first-order chi connectivity index (χ1) is 21.6. The Balaban J connectivity index is 1.75. The predicted molar refractivity (Wildman–Crippen MR) is 176 cm³/mol. The fourth-order valence-corrected chi connectivity index (χ4v) is 7.18. The summed E-state index contributed by atoms with van der Waals surface area (Å²) in [7, 11) is -1.29. The average Bonchev–Trinajstić information content (AvgIpc) is 3.04. The number of ether oxygens (including phenoxy) is 2. The summed E-state index contributed by atoms with van der Waals surface area (Å²) < 4.78 is 40.2. The molecule has 1 N–H and O–H groups in total. The molecule has 11 heteroatoms. The Morgan fingerprint density at radius 1 is 0.956 bits per heavy atom. The molecule has 0 bridgehead atoms. The fourth-order valence-electron chi connectivity index (χ4n) is 5.60. The van der Waals surface area contributed by atoms with Gasteiger partial charge in [-0.3, -0.25) is 13.9 Å². The van der Waals surface area contributed by atoms with E-state index in [1.807, 2.05) is 26.0 Å². The Hall–Kier alpha value is -3.76. The first-order valence-corrected chi connectivity index (χ1v) is 17.0. The quantitative estimate of drug-likeness (QED) is 0.238. The second-order valence-corrected chi connectivity index (χ2v) is 13.6. The molecule has 9 nitrogen and oxygen atoms in total. The number of rotatable bonds is 13. The van der Waals surface area contributed by atoms with E-state index in [0.717, 1.165) is 47.5 Å². The molecule has 1 aliphatic rings. The minimum Gasteiger partial charge on any atom is -0.497 e. The van der Waals surface area contributed by atoms with E-state index in [1.54, 1.807) is 43.5 Å². The third-order valence-electron chi connectivity index (χ3n) is 8.15. The molecule has 1 saturated carbocycles. The molecule has 0 unspecified atom stereocenters. The normalized spacial score (nSPS) is 14.3. The van der Waals surface area contributed by atoms with Crippen molar-refractivity contribution in [2.75, 3.05) is 25.1 Å². The van der Waals surface area contributed by atoms with Crippen molar-refractivity contribution in [3.63, 3.8) is 0 Å². The zero-order chi connectivity index (χ0) is 32.6. The van der Waals surface area contributed by atoms with E-state index < -0.39 is 28.5 Å². The number of halogens is 1. The van der Waals surface area contributed by atoms with E-state index in [0.29, 0.717) is 12.2 Å². The lowest BCUT2D eigenvalue weighted by Gasteiger charge is -2.34. The van der Waals surface area contributed by atoms with E-state index in [9.17, 15) is 18.0 Å². The SMILES string of the molecule is CC[C@H](C(=O)NC1CCCCC1)N(Cc1ccc(OC)cc1)C(=O)CN(c1cc(Cl)ccc1OC)S(=O)(=O)c1ccc(C)cc1.